The molecule has 1 saturated carbocycles. The predicted molar refractivity (Wildman–Crippen MR) is 135 cm³/mol. The first-order valence-corrected chi connectivity index (χ1v) is 12.6. The Bertz CT molecular complexity index is 1270. The highest BCUT2D eigenvalue weighted by atomic mass is 19.1. The Hall–Kier alpha value is -3.68. The summed E-state index contributed by atoms with van der Waals surface area (Å²) in [6, 6.07) is 15.3. The van der Waals surface area contributed by atoms with E-state index in [4.69, 9.17) is 4.74 Å². The smallest absolute Gasteiger partial charge is 0.277 e. The van der Waals surface area contributed by atoms with Crippen LogP contribution >= 0.6 is 0 Å². The molecule has 1 fully saturated rings. The average molecular weight is 491 g/mol. The van der Waals surface area contributed by atoms with Gasteiger partial charge in [0.15, 0.2) is 0 Å². The molecule has 0 saturated heterocycles. The lowest BCUT2D eigenvalue weighted by Gasteiger charge is -2.44. The Morgan fingerprint density at radius 2 is 1.86 bits per heavy atom. The van der Waals surface area contributed by atoms with E-state index in [2.05, 4.69) is 10.4 Å². The molecule has 0 bridgehead atoms. The lowest BCUT2D eigenvalue weighted by Crippen LogP contribution is -2.65. The monoisotopic (exact) mass is 490 g/mol. The van der Waals surface area contributed by atoms with Crippen LogP contribution in [-0.4, -0.2) is 39.8 Å². The summed E-state index contributed by atoms with van der Waals surface area (Å²) in [5.74, 6) is -0.562. The van der Waals surface area contributed by atoms with Crippen LogP contribution in [0.3, 0.4) is 0 Å². The van der Waals surface area contributed by atoms with Gasteiger partial charge in [-0.05, 0) is 69.2 Å². The first-order chi connectivity index (χ1) is 17.4. The summed E-state index contributed by atoms with van der Waals surface area (Å²) < 4.78 is 22.1. The molecule has 7 nitrogen and oxygen atoms in total. The number of amides is 2. The molecule has 1 aliphatic carbocycles. The van der Waals surface area contributed by atoms with E-state index in [1.54, 1.807) is 35.9 Å². The summed E-state index contributed by atoms with van der Waals surface area (Å²) in [5.41, 5.74) is 0.459. The van der Waals surface area contributed by atoms with Gasteiger partial charge in [-0.2, -0.15) is 5.10 Å². The second-order valence-electron chi connectivity index (χ2n) is 9.70. The SMILES string of the molecule is CCOc1ccc(-c2cc3n(n2)CC(C)(C(=O)NC2CCCCC2)N(c2ccccc2F)C3=O)cc1. The van der Waals surface area contributed by atoms with Crippen molar-refractivity contribution in [1.82, 2.24) is 15.1 Å². The van der Waals surface area contributed by atoms with Gasteiger partial charge in [0.05, 0.1) is 24.5 Å². The number of para-hydroxylation sites is 1. The van der Waals surface area contributed by atoms with E-state index in [0.717, 1.165) is 43.4 Å². The second kappa shape index (κ2) is 9.76. The maximum absolute atomic E-state index is 15.0. The van der Waals surface area contributed by atoms with Crippen molar-refractivity contribution >= 4 is 17.5 Å². The van der Waals surface area contributed by atoms with Crippen molar-refractivity contribution in [3.05, 3.63) is 66.1 Å². The summed E-state index contributed by atoms with van der Waals surface area (Å²) in [5, 5.41) is 7.82. The average Bonchev–Trinajstić information content (AvgIpc) is 3.30. The largest absolute Gasteiger partial charge is 0.494 e. The number of carbonyl (C=O) groups excluding carboxylic acids is 2. The number of fused-ring (bicyclic) bond motifs is 1. The van der Waals surface area contributed by atoms with E-state index >= 15 is 0 Å². The fourth-order valence-corrected chi connectivity index (χ4v) is 5.21. The van der Waals surface area contributed by atoms with Crippen LogP contribution in [-0.2, 0) is 11.3 Å². The number of benzene rings is 2. The van der Waals surface area contributed by atoms with Crippen molar-refractivity contribution < 1.29 is 18.7 Å². The number of nitrogens with zero attached hydrogens (tertiary/aromatic N) is 3. The van der Waals surface area contributed by atoms with Crippen molar-refractivity contribution in [2.45, 2.75) is 64.1 Å². The molecule has 1 aromatic heterocycles. The first kappa shape index (κ1) is 24.0. The molecule has 2 amide bonds. The van der Waals surface area contributed by atoms with Gasteiger partial charge in [0.25, 0.3) is 5.91 Å². The van der Waals surface area contributed by atoms with Crippen LogP contribution in [0.1, 0.15) is 56.4 Å². The molecule has 0 spiro atoms. The number of hydrogen-bond donors (Lipinski definition) is 1. The zero-order chi connectivity index (χ0) is 25.3. The minimum absolute atomic E-state index is 0.0547. The molecule has 3 aromatic rings. The number of nitrogens with one attached hydrogen (secondary N) is 1. The van der Waals surface area contributed by atoms with E-state index in [9.17, 15) is 14.0 Å². The molecule has 0 radical (unpaired) electrons. The van der Waals surface area contributed by atoms with Gasteiger partial charge >= 0.3 is 0 Å². The van der Waals surface area contributed by atoms with E-state index < -0.39 is 17.3 Å². The number of ether oxygens (including phenoxy) is 1. The maximum Gasteiger partial charge on any atom is 0.277 e. The van der Waals surface area contributed by atoms with Crippen molar-refractivity contribution in [3.8, 4) is 17.0 Å². The number of hydrogen-bond acceptors (Lipinski definition) is 4. The molecular formula is C28H31FN4O3. The Balaban J connectivity index is 1.53. The van der Waals surface area contributed by atoms with Crippen LogP contribution in [0.2, 0.25) is 0 Å². The minimum Gasteiger partial charge on any atom is -0.494 e. The van der Waals surface area contributed by atoms with Crippen molar-refractivity contribution in [2.75, 3.05) is 11.5 Å². The zero-order valence-corrected chi connectivity index (χ0v) is 20.7. The van der Waals surface area contributed by atoms with Crippen molar-refractivity contribution in [3.63, 3.8) is 0 Å². The Morgan fingerprint density at radius 1 is 1.14 bits per heavy atom. The van der Waals surface area contributed by atoms with E-state index in [-0.39, 0.29) is 24.2 Å². The van der Waals surface area contributed by atoms with Crippen LogP contribution < -0.4 is 15.0 Å². The lowest BCUT2D eigenvalue weighted by molar-refractivity contribution is -0.127. The molecule has 36 heavy (non-hydrogen) atoms. The molecule has 2 aromatic carbocycles. The summed E-state index contributed by atoms with van der Waals surface area (Å²) in [6.45, 7) is 4.29. The van der Waals surface area contributed by atoms with E-state index in [1.165, 1.54) is 11.0 Å². The third-order valence-electron chi connectivity index (χ3n) is 7.14. The zero-order valence-electron chi connectivity index (χ0n) is 20.7. The molecular weight excluding hydrogens is 459 g/mol. The molecule has 8 heteroatoms. The molecule has 1 atom stereocenters. The van der Waals surface area contributed by atoms with Gasteiger partial charge in [0.2, 0.25) is 5.91 Å². The fraction of sp³-hybridized carbons (Fsp3) is 0.393. The Morgan fingerprint density at radius 3 is 2.56 bits per heavy atom. The van der Waals surface area contributed by atoms with Crippen LogP contribution in [0.15, 0.2) is 54.6 Å². The van der Waals surface area contributed by atoms with E-state index in [0.29, 0.717) is 18.0 Å². The van der Waals surface area contributed by atoms with Crippen LogP contribution in [0.5, 0.6) is 5.75 Å². The fourth-order valence-electron chi connectivity index (χ4n) is 5.21. The van der Waals surface area contributed by atoms with Gasteiger partial charge < -0.3 is 10.1 Å². The van der Waals surface area contributed by atoms with Crippen molar-refractivity contribution in [2.24, 2.45) is 0 Å². The highest BCUT2D eigenvalue weighted by Gasteiger charge is 2.50. The van der Waals surface area contributed by atoms with Gasteiger partial charge in [-0.25, -0.2) is 4.39 Å². The summed E-state index contributed by atoms with van der Waals surface area (Å²) in [6.07, 6.45) is 5.10. The molecule has 188 valence electrons. The van der Waals surface area contributed by atoms with Gasteiger partial charge in [0, 0.05) is 11.6 Å². The number of halogens is 1. The molecule has 1 aliphatic heterocycles. The second-order valence-corrected chi connectivity index (χ2v) is 9.70. The first-order valence-electron chi connectivity index (χ1n) is 12.6. The van der Waals surface area contributed by atoms with Gasteiger partial charge in [-0.1, -0.05) is 31.4 Å². The normalized spacial score (nSPS) is 20.2. The maximum atomic E-state index is 15.0. The quantitative estimate of drug-likeness (QED) is 0.530. The lowest BCUT2D eigenvalue weighted by atomic mass is 9.91. The Kier molecular flexibility index (Phi) is 6.51. The molecule has 2 heterocycles. The highest BCUT2D eigenvalue weighted by Crippen LogP contribution is 2.36. The molecule has 5 rings (SSSR count). The molecule has 1 unspecified atom stereocenters. The van der Waals surface area contributed by atoms with Crippen LogP contribution in [0, 0.1) is 5.82 Å². The third kappa shape index (κ3) is 4.36. The number of carbonyl (C=O) groups is 2. The predicted octanol–water partition coefficient (Wildman–Crippen LogP) is 4.96. The number of aromatic nitrogens is 2. The van der Waals surface area contributed by atoms with Gasteiger partial charge in [-0.15, -0.1) is 0 Å². The van der Waals surface area contributed by atoms with Crippen LogP contribution in [0.4, 0.5) is 10.1 Å². The summed E-state index contributed by atoms with van der Waals surface area (Å²) in [7, 11) is 0. The summed E-state index contributed by atoms with van der Waals surface area (Å²) in [4.78, 5) is 28.9. The van der Waals surface area contributed by atoms with Gasteiger partial charge in [0.1, 0.15) is 22.8 Å². The summed E-state index contributed by atoms with van der Waals surface area (Å²) >= 11 is 0. The standard InChI is InChI=1S/C28H31FN4O3/c1-3-36-21-15-13-19(14-16-21)23-17-25-26(34)33(24-12-8-7-11-22(24)29)28(2,18-32(25)31-23)27(35)30-20-9-5-4-6-10-20/h7-8,11-17,20H,3-6,9-10,18H2,1-2H3,(H,30,35). The third-order valence-corrected chi connectivity index (χ3v) is 7.14. The van der Waals surface area contributed by atoms with Crippen LogP contribution in [0.25, 0.3) is 11.3 Å². The molecule has 1 N–H and O–H groups in total. The Labute approximate surface area is 210 Å². The van der Waals surface area contributed by atoms with E-state index in [1.807, 2.05) is 31.2 Å². The number of rotatable bonds is 6. The number of anilines is 1. The highest BCUT2D eigenvalue weighted by molar-refractivity contribution is 6.12. The van der Waals surface area contributed by atoms with Gasteiger partial charge in [-0.3, -0.25) is 19.2 Å². The minimum atomic E-state index is -1.36. The molecule has 2 aliphatic rings. The van der Waals surface area contributed by atoms with Crippen molar-refractivity contribution in [1.29, 1.82) is 0 Å². The topological polar surface area (TPSA) is 76.5 Å².